The number of aliphatic hydroxyl groups excluding tert-OH is 1. The molecule has 0 spiro atoms. The second kappa shape index (κ2) is 9.49. The maximum atomic E-state index is 10.8. The van der Waals surface area contributed by atoms with E-state index in [1.807, 2.05) is 65.2 Å². The number of fused-ring (bicyclic) bond motifs is 1. The van der Waals surface area contributed by atoms with Crippen LogP contribution in [0.4, 0.5) is 0 Å². The number of hydrogen-bond acceptors (Lipinski definition) is 6. The molecule has 7 nitrogen and oxygen atoms in total. The van der Waals surface area contributed by atoms with E-state index in [-0.39, 0.29) is 17.1 Å². The number of aliphatic hydroxyl groups is 1. The molecule has 3 aromatic carbocycles. The lowest BCUT2D eigenvalue weighted by atomic mass is 10.1. The molecule has 0 saturated carbocycles. The summed E-state index contributed by atoms with van der Waals surface area (Å²) in [5, 5.41) is 30.1. The van der Waals surface area contributed by atoms with Crippen molar-refractivity contribution in [2.24, 2.45) is 0 Å². The van der Waals surface area contributed by atoms with Gasteiger partial charge in [0.25, 0.3) is 0 Å². The molecule has 35 heavy (non-hydrogen) atoms. The molecular formula is C27H22N6OS. The van der Waals surface area contributed by atoms with Crippen LogP contribution in [-0.2, 0) is 0 Å². The second-order valence-corrected chi connectivity index (χ2v) is 9.04. The summed E-state index contributed by atoms with van der Waals surface area (Å²) in [7, 11) is 0. The number of nitrogens with one attached hydrogen (secondary N) is 1. The molecule has 0 aliphatic rings. The topological polar surface area (TPSA) is 103 Å². The standard InChI is InChI=1S/C27H22N6OS/c1-17-12-13-20(14-18(17)2)33-26(19-8-4-3-5-9-19)31-32-27(33)35-16-24(34)21(15-28)25-29-22-10-6-7-11-23(22)30-25/h3-14,34H,16H2,1-2H3,(H,29,30). The van der Waals surface area contributed by atoms with Crippen LogP contribution in [0.3, 0.4) is 0 Å². The normalized spacial score (nSPS) is 11.9. The minimum atomic E-state index is -0.0764. The van der Waals surface area contributed by atoms with Crippen LogP contribution < -0.4 is 0 Å². The third-order valence-corrected chi connectivity index (χ3v) is 6.72. The highest BCUT2D eigenvalue weighted by atomic mass is 32.2. The summed E-state index contributed by atoms with van der Waals surface area (Å²) >= 11 is 1.31. The number of allylic oxidation sites excluding steroid dienone is 1. The fourth-order valence-electron chi connectivity index (χ4n) is 3.77. The first kappa shape index (κ1) is 22.4. The van der Waals surface area contributed by atoms with Gasteiger partial charge in [0.2, 0.25) is 0 Å². The Labute approximate surface area is 206 Å². The lowest BCUT2D eigenvalue weighted by Crippen LogP contribution is -2.02. The lowest BCUT2D eigenvalue weighted by Gasteiger charge is -2.12. The second-order valence-electron chi connectivity index (χ2n) is 8.10. The molecule has 0 fully saturated rings. The van der Waals surface area contributed by atoms with Crippen LogP contribution in [0.15, 0.2) is 83.7 Å². The number of H-pyrrole nitrogens is 1. The zero-order valence-corrected chi connectivity index (χ0v) is 20.0. The minimum absolute atomic E-state index is 0.0764. The first-order chi connectivity index (χ1) is 17.0. The van der Waals surface area contributed by atoms with Crippen molar-refractivity contribution in [3.05, 3.63) is 95.5 Å². The van der Waals surface area contributed by atoms with E-state index in [4.69, 9.17) is 0 Å². The van der Waals surface area contributed by atoms with Crippen LogP contribution >= 0.6 is 11.8 Å². The van der Waals surface area contributed by atoms with Crippen LogP contribution in [0, 0.1) is 25.2 Å². The smallest absolute Gasteiger partial charge is 0.196 e. The van der Waals surface area contributed by atoms with E-state index in [2.05, 4.69) is 52.2 Å². The Hall–Kier alpha value is -4.35. The number of benzene rings is 3. The van der Waals surface area contributed by atoms with Gasteiger partial charge in [0.05, 0.1) is 22.5 Å². The number of hydrogen-bond donors (Lipinski definition) is 2. The van der Waals surface area contributed by atoms with Crippen molar-refractivity contribution in [3.63, 3.8) is 0 Å². The molecule has 0 radical (unpaired) electrons. The SMILES string of the molecule is Cc1ccc(-n2c(SCC(O)=C(C#N)c3nc4ccccc4[nH]3)nnc2-c2ccccc2)cc1C. The number of aryl methyl sites for hydroxylation is 2. The number of para-hydroxylation sites is 2. The minimum Gasteiger partial charge on any atom is -0.510 e. The molecule has 2 heterocycles. The summed E-state index contributed by atoms with van der Waals surface area (Å²) in [5.74, 6) is 1.11. The molecule has 0 aliphatic carbocycles. The van der Waals surface area contributed by atoms with Gasteiger partial charge >= 0.3 is 0 Å². The van der Waals surface area contributed by atoms with Crippen molar-refractivity contribution in [3.8, 4) is 23.1 Å². The van der Waals surface area contributed by atoms with Crippen LogP contribution in [0.1, 0.15) is 17.0 Å². The molecule has 0 aliphatic heterocycles. The van der Waals surface area contributed by atoms with Crippen molar-refractivity contribution in [2.45, 2.75) is 19.0 Å². The van der Waals surface area contributed by atoms with Gasteiger partial charge in [-0.2, -0.15) is 5.26 Å². The molecule has 0 atom stereocenters. The summed E-state index contributed by atoms with van der Waals surface area (Å²) in [4.78, 5) is 7.55. The maximum Gasteiger partial charge on any atom is 0.196 e. The van der Waals surface area contributed by atoms with Gasteiger partial charge in [0.15, 0.2) is 16.8 Å². The van der Waals surface area contributed by atoms with Gasteiger partial charge in [-0.3, -0.25) is 4.57 Å². The summed E-state index contributed by atoms with van der Waals surface area (Å²) in [5.41, 5.74) is 5.86. The van der Waals surface area contributed by atoms with E-state index in [9.17, 15) is 10.4 Å². The average molecular weight is 479 g/mol. The van der Waals surface area contributed by atoms with E-state index in [0.29, 0.717) is 16.8 Å². The molecule has 0 saturated heterocycles. The average Bonchev–Trinajstić information content (AvgIpc) is 3.50. The van der Waals surface area contributed by atoms with Crippen LogP contribution in [-0.4, -0.2) is 35.6 Å². The number of aromatic nitrogens is 5. The van der Waals surface area contributed by atoms with Crippen LogP contribution in [0.25, 0.3) is 33.7 Å². The van der Waals surface area contributed by atoms with E-state index in [1.165, 1.54) is 17.3 Å². The van der Waals surface area contributed by atoms with Gasteiger partial charge in [-0.1, -0.05) is 60.3 Å². The van der Waals surface area contributed by atoms with Crippen LogP contribution in [0.5, 0.6) is 0 Å². The van der Waals surface area contributed by atoms with Crippen molar-refractivity contribution in [1.29, 1.82) is 5.26 Å². The Bertz CT molecular complexity index is 1560. The molecule has 2 aromatic heterocycles. The number of thioether (sulfide) groups is 1. The fraction of sp³-hybridized carbons (Fsp3) is 0.111. The van der Waals surface area contributed by atoms with E-state index < -0.39 is 0 Å². The summed E-state index contributed by atoms with van der Waals surface area (Å²) in [6.45, 7) is 4.14. The third-order valence-electron chi connectivity index (χ3n) is 5.78. The summed E-state index contributed by atoms with van der Waals surface area (Å²) < 4.78 is 1.98. The molecule has 0 bridgehead atoms. The van der Waals surface area contributed by atoms with E-state index in [1.54, 1.807) is 0 Å². The predicted molar refractivity (Wildman–Crippen MR) is 138 cm³/mol. The zero-order chi connectivity index (χ0) is 24.4. The molecule has 0 unspecified atom stereocenters. The first-order valence-electron chi connectivity index (χ1n) is 11.0. The number of nitrogens with zero attached hydrogens (tertiary/aromatic N) is 5. The van der Waals surface area contributed by atoms with E-state index in [0.717, 1.165) is 27.8 Å². The lowest BCUT2D eigenvalue weighted by molar-refractivity contribution is 0.420. The van der Waals surface area contributed by atoms with Gasteiger partial charge in [0, 0.05) is 5.56 Å². The number of nitriles is 1. The Morgan fingerprint density at radius 1 is 1.00 bits per heavy atom. The van der Waals surface area contributed by atoms with Gasteiger partial charge < -0.3 is 10.1 Å². The molecule has 5 rings (SSSR count). The summed E-state index contributed by atoms with van der Waals surface area (Å²) in [6, 6.07) is 25.6. The van der Waals surface area contributed by atoms with Crippen molar-refractivity contribution in [2.75, 3.05) is 5.75 Å². The Morgan fingerprint density at radius 2 is 1.77 bits per heavy atom. The van der Waals surface area contributed by atoms with Gasteiger partial charge in [-0.15, -0.1) is 10.2 Å². The van der Waals surface area contributed by atoms with Crippen LogP contribution in [0.2, 0.25) is 0 Å². The highest BCUT2D eigenvalue weighted by molar-refractivity contribution is 7.99. The molecule has 8 heteroatoms. The van der Waals surface area contributed by atoms with Gasteiger partial charge in [-0.05, 0) is 49.2 Å². The van der Waals surface area contributed by atoms with Gasteiger partial charge in [-0.25, -0.2) is 4.98 Å². The zero-order valence-electron chi connectivity index (χ0n) is 19.2. The molecule has 0 amide bonds. The Morgan fingerprint density at radius 3 is 2.51 bits per heavy atom. The van der Waals surface area contributed by atoms with E-state index >= 15 is 0 Å². The summed E-state index contributed by atoms with van der Waals surface area (Å²) in [6.07, 6.45) is 0. The highest BCUT2D eigenvalue weighted by Crippen LogP contribution is 2.30. The Balaban J connectivity index is 1.51. The largest absolute Gasteiger partial charge is 0.510 e. The quantitative estimate of drug-likeness (QED) is 0.176. The van der Waals surface area contributed by atoms with Crippen molar-refractivity contribution >= 4 is 28.4 Å². The maximum absolute atomic E-state index is 10.8. The third kappa shape index (κ3) is 4.42. The predicted octanol–water partition coefficient (Wildman–Crippen LogP) is 6.01. The number of imidazole rings is 1. The number of rotatable bonds is 6. The van der Waals surface area contributed by atoms with Crippen molar-refractivity contribution < 1.29 is 5.11 Å². The fourth-order valence-corrected chi connectivity index (χ4v) is 4.60. The monoisotopic (exact) mass is 478 g/mol. The molecular weight excluding hydrogens is 456 g/mol. The Kier molecular flexibility index (Phi) is 6.08. The molecule has 5 aromatic rings. The molecule has 2 N–H and O–H groups in total. The highest BCUT2D eigenvalue weighted by Gasteiger charge is 2.19. The van der Waals surface area contributed by atoms with Gasteiger partial charge in [0.1, 0.15) is 17.4 Å². The number of aromatic amines is 1. The van der Waals surface area contributed by atoms with Crippen molar-refractivity contribution in [1.82, 2.24) is 24.7 Å². The molecule has 172 valence electrons. The first-order valence-corrected chi connectivity index (χ1v) is 12.0.